The molecule has 2 aromatic heterocycles. The van der Waals surface area contributed by atoms with Gasteiger partial charge in [0, 0.05) is 33.1 Å². The van der Waals surface area contributed by atoms with Crippen LogP contribution in [0.5, 0.6) is 0 Å². The molecule has 0 amide bonds. The van der Waals surface area contributed by atoms with E-state index in [-0.39, 0.29) is 0 Å². The number of aromatic nitrogens is 1. The van der Waals surface area contributed by atoms with Crippen LogP contribution in [0.2, 0.25) is 0 Å². The van der Waals surface area contributed by atoms with Crippen LogP contribution in [0.4, 0.5) is 17.1 Å². The van der Waals surface area contributed by atoms with Gasteiger partial charge in [-0.1, -0.05) is 176 Å². The molecule has 0 unspecified atom stereocenters. The van der Waals surface area contributed by atoms with E-state index in [0.29, 0.717) is 0 Å². The van der Waals surface area contributed by atoms with Crippen LogP contribution in [0.1, 0.15) is 0 Å². The van der Waals surface area contributed by atoms with E-state index in [1.807, 2.05) is 6.07 Å². The Labute approximate surface area is 366 Å². The molecule has 63 heavy (non-hydrogen) atoms. The van der Waals surface area contributed by atoms with Crippen molar-refractivity contribution in [1.29, 1.82) is 0 Å². The third-order valence-corrected chi connectivity index (χ3v) is 12.4. The summed E-state index contributed by atoms with van der Waals surface area (Å²) >= 11 is 0. The Morgan fingerprint density at radius 1 is 0.333 bits per heavy atom. The van der Waals surface area contributed by atoms with E-state index >= 15 is 0 Å². The van der Waals surface area contributed by atoms with Gasteiger partial charge in [-0.2, -0.15) is 0 Å². The molecule has 12 aromatic rings. The van der Waals surface area contributed by atoms with E-state index in [2.05, 4.69) is 246 Å². The molecule has 3 nitrogen and oxygen atoms in total. The van der Waals surface area contributed by atoms with E-state index in [4.69, 9.17) is 4.42 Å². The van der Waals surface area contributed by atoms with Crippen LogP contribution in [0.15, 0.2) is 247 Å². The van der Waals surface area contributed by atoms with Gasteiger partial charge in [0.15, 0.2) is 0 Å². The Morgan fingerprint density at radius 2 is 0.889 bits per heavy atom. The highest BCUT2D eigenvalue weighted by molar-refractivity contribution is 6.15. The summed E-state index contributed by atoms with van der Waals surface area (Å²) in [5.74, 6) is 0. The molecule has 0 spiro atoms. The average molecular weight is 805 g/mol. The first-order chi connectivity index (χ1) is 31.3. The Balaban J connectivity index is 1.13. The summed E-state index contributed by atoms with van der Waals surface area (Å²) in [5.41, 5.74) is 17.6. The van der Waals surface area contributed by atoms with Crippen LogP contribution < -0.4 is 4.90 Å². The first-order valence-corrected chi connectivity index (χ1v) is 21.5. The summed E-state index contributed by atoms with van der Waals surface area (Å²) < 4.78 is 8.95. The highest BCUT2D eigenvalue weighted by Gasteiger charge is 2.26. The zero-order chi connectivity index (χ0) is 41.7. The molecule has 0 saturated heterocycles. The van der Waals surface area contributed by atoms with Crippen LogP contribution in [0, 0.1) is 0 Å². The molecule has 0 aliphatic carbocycles. The zero-order valence-corrected chi connectivity index (χ0v) is 34.4. The summed E-state index contributed by atoms with van der Waals surface area (Å²) in [4.78, 5) is 2.46. The molecular weight excluding hydrogens is 765 g/mol. The molecule has 10 aromatic carbocycles. The summed E-state index contributed by atoms with van der Waals surface area (Å²) in [7, 11) is 0. The number of rotatable bonds is 8. The van der Waals surface area contributed by atoms with Crippen LogP contribution in [0.25, 0.3) is 93.9 Å². The minimum Gasteiger partial charge on any atom is -0.456 e. The lowest BCUT2D eigenvalue weighted by Gasteiger charge is -2.30. The quantitative estimate of drug-likeness (QED) is 0.153. The number of hydrogen-bond acceptors (Lipinski definition) is 2. The lowest BCUT2D eigenvalue weighted by atomic mass is 9.87. The number of hydrogen-bond donors (Lipinski definition) is 0. The molecule has 0 aliphatic heterocycles. The highest BCUT2D eigenvalue weighted by Crippen LogP contribution is 2.50. The van der Waals surface area contributed by atoms with Crippen LogP contribution in [0.3, 0.4) is 0 Å². The lowest BCUT2D eigenvalue weighted by molar-refractivity contribution is 0.669. The van der Waals surface area contributed by atoms with Crippen molar-refractivity contribution in [3.63, 3.8) is 0 Å². The van der Waals surface area contributed by atoms with E-state index in [1.54, 1.807) is 0 Å². The number of nitrogens with zero attached hydrogens (tertiary/aromatic N) is 2. The minimum absolute atomic E-state index is 0.848. The molecular formula is C60H40N2O. The van der Waals surface area contributed by atoms with Crippen molar-refractivity contribution in [2.24, 2.45) is 0 Å². The normalized spacial score (nSPS) is 11.5. The van der Waals surface area contributed by atoms with Crippen molar-refractivity contribution in [3.05, 3.63) is 243 Å². The molecule has 0 bridgehead atoms. The number of anilines is 3. The number of benzene rings is 10. The Morgan fingerprint density at radius 3 is 1.70 bits per heavy atom. The van der Waals surface area contributed by atoms with Crippen molar-refractivity contribution >= 4 is 60.8 Å². The Hall–Kier alpha value is -8.40. The van der Waals surface area contributed by atoms with Gasteiger partial charge in [-0.05, 0) is 106 Å². The Kier molecular flexibility index (Phi) is 8.83. The first-order valence-electron chi connectivity index (χ1n) is 21.5. The summed E-state index contributed by atoms with van der Waals surface area (Å²) in [6, 6.07) is 87.2. The van der Waals surface area contributed by atoms with Gasteiger partial charge < -0.3 is 13.9 Å². The smallest absolute Gasteiger partial charge is 0.137 e. The van der Waals surface area contributed by atoms with Crippen molar-refractivity contribution in [3.8, 4) is 50.2 Å². The number of fused-ring (bicyclic) bond motifs is 6. The van der Waals surface area contributed by atoms with Crippen LogP contribution in [-0.4, -0.2) is 4.57 Å². The number of para-hydroxylation sites is 3. The van der Waals surface area contributed by atoms with Gasteiger partial charge >= 0.3 is 0 Å². The molecule has 2 heterocycles. The van der Waals surface area contributed by atoms with E-state index in [1.165, 1.54) is 32.9 Å². The third-order valence-electron chi connectivity index (χ3n) is 12.4. The molecule has 0 saturated carbocycles. The van der Waals surface area contributed by atoms with Crippen molar-refractivity contribution in [2.45, 2.75) is 0 Å². The van der Waals surface area contributed by atoms with Gasteiger partial charge in [-0.3, -0.25) is 0 Å². The topological polar surface area (TPSA) is 21.3 Å². The van der Waals surface area contributed by atoms with Gasteiger partial charge in [0.05, 0.1) is 27.8 Å². The molecule has 3 heteroatoms. The van der Waals surface area contributed by atoms with E-state index in [0.717, 1.165) is 78.1 Å². The summed E-state index contributed by atoms with van der Waals surface area (Å²) in [6.45, 7) is 0. The van der Waals surface area contributed by atoms with Gasteiger partial charge in [0.1, 0.15) is 11.2 Å². The zero-order valence-electron chi connectivity index (χ0n) is 34.4. The molecule has 0 fully saturated rings. The van der Waals surface area contributed by atoms with Crippen LogP contribution >= 0.6 is 0 Å². The first kappa shape index (κ1) is 36.5. The fraction of sp³-hybridized carbons (Fsp3) is 0. The summed E-state index contributed by atoms with van der Waals surface area (Å²) in [6.07, 6.45) is 0. The van der Waals surface area contributed by atoms with E-state index < -0.39 is 0 Å². The maximum Gasteiger partial charge on any atom is 0.137 e. The molecule has 296 valence electrons. The maximum atomic E-state index is 6.57. The standard InChI is InChI=1S/C60H40N2O/c1-4-19-41(20-5-1)47-27-10-11-29-50(47)59-48(42-21-6-2-7-22-42)31-17-33-55(59)62(56-34-18-36-58-60(56)51-30-13-15-35-57(51)63-58)46-26-16-23-43(39-46)44-37-38-54-52(40-44)49-28-12-14-32-53(49)61(54)45-24-8-3-9-25-45/h1-40H. The molecule has 12 rings (SSSR count). The second-order valence-corrected chi connectivity index (χ2v) is 16.0. The molecule has 0 atom stereocenters. The van der Waals surface area contributed by atoms with Crippen molar-refractivity contribution in [2.75, 3.05) is 4.90 Å². The van der Waals surface area contributed by atoms with Crippen molar-refractivity contribution in [1.82, 2.24) is 4.57 Å². The SMILES string of the molecule is c1ccc(-c2ccccc2-c2c(-c3ccccc3)cccc2N(c2cccc(-c3ccc4c(c3)c3ccccc3n4-c3ccccc3)c2)c2cccc3oc4ccccc4c23)cc1. The average Bonchev–Trinajstić information content (AvgIpc) is 3.91. The van der Waals surface area contributed by atoms with Crippen molar-refractivity contribution < 1.29 is 4.42 Å². The third kappa shape index (κ3) is 6.21. The molecule has 0 radical (unpaired) electrons. The van der Waals surface area contributed by atoms with Crippen LogP contribution in [-0.2, 0) is 0 Å². The highest BCUT2D eigenvalue weighted by atomic mass is 16.3. The predicted molar refractivity (Wildman–Crippen MR) is 264 cm³/mol. The fourth-order valence-electron chi connectivity index (χ4n) is 9.62. The minimum atomic E-state index is 0.848. The van der Waals surface area contributed by atoms with Gasteiger partial charge in [0.25, 0.3) is 0 Å². The lowest BCUT2D eigenvalue weighted by Crippen LogP contribution is -2.12. The predicted octanol–water partition coefficient (Wildman–Crippen LogP) is 16.8. The number of furan rings is 1. The second kappa shape index (κ2) is 15.3. The molecule has 0 aliphatic rings. The largest absolute Gasteiger partial charge is 0.456 e. The maximum absolute atomic E-state index is 6.57. The van der Waals surface area contributed by atoms with Gasteiger partial charge in [-0.15, -0.1) is 0 Å². The van der Waals surface area contributed by atoms with Gasteiger partial charge in [-0.25, -0.2) is 0 Å². The monoisotopic (exact) mass is 804 g/mol. The Bertz CT molecular complexity index is 3620. The summed E-state index contributed by atoms with van der Waals surface area (Å²) in [5, 5.41) is 4.60. The van der Waals surface area contributed by atoms with E-state index in [9.17, 15) is 0 Å². The fourth-order valence-corrected chi connectivity index (χ4v) is 9.62. The second-order valence-electron chi connectivity index (χ2n) is 16.0. The van der Waals surface area contributed by atoms with Gasteiger partial charge in [0.2, 0.25) is 0 Å². The molecule has 0 N–H and O–H groups in total.